The van der Waals surface area contributed by atoms with Crippen LogP contribution in [0.4, 0.5) is 4.79 Å². The molecule has 5 heteroatoms. The number of rotatable bonds is 2. The molecule has 0 aromatic heterocycles. The summed E-state index contributed by atoms with van der Waals surface area (Å²) in [6.45, 7) is 5.34. The van der Waals surface area contributed by atoms with Gasteiger partial charge >= 0.3 is 12.1 Å². The van der Waals surface area contributed by atoms with Crippen molar-refractivity contribution in [3.8, 4) is 0 Å². The largest absolute Gasteiger partial charge is 0.480 e. The Hall–Kier alpha value is -2.04. The van der Waals surface area contributed by atoms with Crippen LogP contribution in [0.3, 0.4) is 0 Å². The summed E-state index contributed by atoms with van der Waals surface area (Å²) in [5.74, 6) is -0.980. The molecule has 1 aliphatic heterocycles. The number of likely N-dealkylation sites (tertiary alicyclic amines) is 1. The molecule has 0 radical (unpaired) electrons. The summed E-state index contributed by atoms with van der Waals surface area (Å²) in [6, 6.07) is 8.44. The highest BCUT2D eigenvalue weighted by Gasteiger charge is 2.40. The Kier molecular flexibility index (Phi) is 4.74. The molecule has 120 valence electrons. The monoisotopic (exact) mass is 305 g/mol. The summed E-state index contributed by atoms with van der Waals surface area (Å²) in [5.41, 5.74) is 0.290. The first kappa shape index (κ1) is 16.3. The van der Waals surface area contributed by atoms with E-state index in [0.717, 1.165) is 18.4 Å². The molecule has 2 atom stereocenters. The highest BCUT2D eigenvalue weighted by atomic mass is 16.6. The summed E-state index contributed by atoms with van der Waals surface area (Å²) in [6.07, 6.45) is 1.41. The van der Waals surface area contributed by atoms with Crippen molar-refractivity contribution < 1.29 is 19.4 Å². The molecule has 1 aromatic rings. The van der Waals surface area contributed by atoms with Crippen LogP contribution < -0.4 is 0 Å². The summed E-state index contributed by atoms with van der Waals surface area (Å²) < 4.78 is 5.43. The standard InChI is InChI=1S/C17H23NO4/c1-17(2,3)22-16(21)18-13(12-8-5-4-6-9-12)10-7-11-14(18)15(19)20/h4-6,8-9,13-14H,7,10-11H2,1-3H3,(H,19,20)/t13-,14+/m0/s1. The molecule has 1 heterocycles. The molecule has 22 heavy (non-hydrogen) atoms. The van der Waals surface area contributed by atoms with Gasteiger partial charge in [-0.05, 0) is 45.6 Å². The Labute approximate surface area is 130 Å². The van der Waals surface area contributed by atoms with Crippen molar-refractivity contribution in [2.45, 2.75) is 57.7 Å². The van der Waals surface area contributed by atoms with Gasteiger partial charge in [0.25, 0.3) is 0 Å². The van der Waals surface area contributed by atoms with Crippen molar-refractivity contribution in [1.82, 2.24) is 4.90 Å². The first-order valence-corrected chi connectivity index (χ1v) is 7.58. The molecule has 1 fully saturated rings. The minimum absolute atomic E-state index is 0.258. The van der Waals surface area contributed by atoms with Crippen molar-refractivity contribution in [3.63, 3.8) is 0 Å². The van der Waals surface area contributed by atoms with Crippen LogP contribution in [-0.2, 0) is 9.53 Å². The van der Waals surface area contributed by atoms with Crippen molar-refractivity contribution >= 4 is 12.1 Å². The van der Waals surface area contributed by atoms with E-state index in [0.29, 0.717) is 6.42 Å². The third-order valence-corrected chi connectivity index (χ3v) is 3.70. The average molecular weight is 305 g/mol. The maximum Gasteiger partial charge on any atom is 0.411 e. The number of nitrogens with zero attached hydrogens (tertiary/aromatic N) is 1. The van der Waals surface area contributed by atoms with Gasteiger partial charge in [0.1, 0.15) is 11.6 Å². The second-order valence-corrected chi connectivity index (χ2v) is 6.60. The SMILES string of the molecule is CC(C)(C)OC(=O)N1[C@@H](C(=O)O)CCC[C@H]1c1ccccc1. The van der Waals surface area contributed by atoms with Gasteiger partial charge in [-0.15, -0.1) is 0 Å². The Balaban J connectivity index is 2.33. The fourth-order valence-electron chi connectivity index (χ4n) is 2.81. The second-order valence-electron chi connectivity index (χ2n) is 6.60. The van der Waals surface area contributed by atoms with Crippen molar-refractivity contribution in [2.24, 2.45) is 0 Å². The Bertz CT molecular complexity index is 535. The molecular weight excluding hydrogens is 282 g/mol. The number of carboxylic acids is 1. The van der Waals surface area contributed by atoms with E-state index in [4.69, 9.17) is 4.74 Å². The second kappa shape index (κ2) is 6.38. The number of carbonyl (C=O) groups excluding carboxylic acids is 1. The topological polar surface area (TPSA) is 66.8 Å². The molecule has 1 amide bonds. The van der Waals surface area contributed by atoms with Crippen molar-refractivity contribution in [2.75, 3.05) is 0 Å². The van der Waals surface area contributed by atoms with Gasteiger partial charge in [0.15, 0.2) is 0 Å². The zero-order chi connectivity index (χ0) is 16.3. The number of hydrogen-bond acceptors (Lipinski definition) is 3. The highest BCUT2D eigenvalue weighted by Crippen LogP contribution is 2.35. The molecule has 0 unspecified atom stereocenters. The molecule has 1 aliphatic rings. The van der Waals surface area contributed by atoms with Gasteiger partial charge in [0, 0.05) is 0 Å². The van der Waals surface area contributed by atoms with E-state index in [9.17, 15) is 14.7 Å². The molecule has 5 nitrogen and oxygen atoms in total. The fraction of sp³-hybridized carbons (Fsp3) is 0.529. The molecule has 1 saturated heterocycles. The van der Waals surface area contributed by atoms with Gasteiger partial charge in [-0.2, -0.15) is 0 Å². The van der Waals surface area contributed by atoms with Crippen LogP contribution in [0.15, 0.2) is 30.3 Å². The van der Waals surface area contributed by atoms with Crippen LogP contribution in [0.5, 0.6) is 0 Å². The van der Waals surface area contributed by atoms with Gasteiger partial charge < -0.3 is 9.84 Å². The summed E-state index contributed by atoms with van der Waals surface area (Å²) in [5, 5.41) is 9.47. The molecule has 1 N–H and O–H groups in total. The van der Waals surface area contributed by atoms with Crippen LogP contribution in [0.2, 0.25) is 0 Å². The normalized spacial score (nSPS) is 22.2. The smallest absolute Gasteiger partial charge is 0.411 e. The lowest BCUT2D eigenvalue weighted by Gasteiger charge is -2.40. The van der Waals surface area contributed by atoms with E-state index in [-0.39, 0.29) is 6.04 Å². The summed E-state index contributed by atoms with van der Waals surface area (Å²) >= 11 is 0. The van der Waals surface area contributed by atoms with Crippen molar-refractivity contribution in [3.05, 3.63) is 35.9 Å². The Morgan fingerprint density at radius 2 is 1.82 bits per heavy atom. The molecular formula is C17H23NO4. The third kappa shape index (κ3) is 3.78. The lowest BCUT2D eigenvalue weighted by molar-refractivity contribution is -0.145. The molecule has 0 bridgehead atoms. The van der Waals surface area contributed by atoms with Gasteiger partial charge in [0.2, 0.25) is 0 Å². The Morgan fingerprint density at radius 1 is 1.18 bits per heavy atom. The number of amides is 1. The van der Waals surface area contributed by atoms with Gasteiger partial charge in [-0.3, -0.25) is 4.90 Å². The first-order valence-electron chi connectivity index (χ1n) is 7.58. The molecule has 1 aromatic carbocycles. The number of carbonyl (C=O) groups is 2. The van der Waals surface area contributed by atoms with E-state index < -0.39 is 23.7 Å². The van der Waals surface area contributed by atoms with Crippen LogP contribution >= 0.6 is 0 Å². The zero-order valence-electron chi connectivity index (χ0n) is 13.3. The number of carboxylic acid groups (broad SMARTS) is 1. The van der Waals surface area contributed by atoms with Crippen LogP contribution in [0, 0.1) is 0 Å². The van der Waals surface area contributed by atoms with E-state index in [1.54, 1.807) is 20.8 Å². The van der Waals surface area contributed by atoms with E-state index in [1.807, 2.05) is 30.3 Å². The quantitative estimate of drug-likeness (QED) is 0.906. The predicted octanol–water partition coefficient (Wildman–Crippen LogP) is 3.60. The van der Waals surface area contributed by atoms with Gasteiger partial charge in [0.05, 0.1) is 6.04 Å². The van der Waals surface area contributed by atoms with Crippen LogP contribution in [0.1, 0.15) is 51.6 Å². The van der Waals surface area contributed by atoms with Crippen LogP contribution in [0.25, 0.3) is 0 Å². The maximum absolute atomic E-state index is 12.6. The summed E-state index contributed by atoms with van der Waals surface area (Å²) in [4.78, 5) is 25.5. The number of benzene rings is 1. The minimum Gasteiger partial charge on any atom is -0.480 e. The van der Waals surface area contributed by atoms with E-state index >= 15 is 0 Å². The molecule has 0 saturated carbocycles. The first-order chi connectivity index (χ1) is 10.3. The zero-order valence-corrected chi connectivity index (χ0v) is 13.3. The van der Waals surface area contributed by atoms with E-state index in [2.05, 4.69) is 0 Å². The molecule has 2 rings (SSSR count). The number of piperidine rings is 1. The third-order valence-electron chi connectivity index (χ3n) is 3.70. The van der Waals surface area contributed by atoms with Gasteiger partial charge in [-0.25, -0.2) is 9.59 Å². The molecule has 0 aliphatic carbocycles. The number of aliphatic carboxylic acids is 1. The summed E-state index contributed by atoms with van der Waals surface area (Å²) in [7, 11) is 0. The highest BCUT2D eigenvalue weighted by molar-refractivity contribution is 5.80. The van der Waals surface area contributed by atoms with Gasteiger partial charge in [-0.1, -0.05) is 30.3 Å². The van der Waals surface area contributed by atoms with E-state index in [1.165, 1.54) is 4.90 Å². The predicted molar refractivity (Wildman–Crippen MR) is 82.5 cm³/mol. The number of hydrogen-bond donors (Lipinski definition) is 1. The average Bonchev–Trinajstić information content (AvgIpc) is 2.45. The Morgan fingerprint density at radius 3 is 2.36 bits per heavy atom. The molecule has 0 spiro atoms. The lowest BCUT2D eigenvalue weighted by Crippen LogP contribution is -2.51. The van der Waals surface area contributed by atoms with Crippen LogP contribution in [-0.4, -0.2) is 33.7 Å². The fourth-order valence-corrected chi connectivity index (χ4v) is 2.81. The maximum atomic E-state index is 12.6. The minimum atomic E-state index is -0.980. The lowest BCUT2D eigenvalue weighted by atomic mass is 9.91. The number of ether oxygens (including phenoxy) is 1. The van der Waals surface area contributed by atoms with Crippen molar-refractivity contribution in [1.29, 1.82) is 0 Å².